The third-order valence-electron chi connectivity index (χ3n) is 2.20. The first-order valence-electron chi connectivity index (χ1n) is 6.32. The molecule has 0 atom stereocenters. The molecule has 0 fully saturated rings. The van der Waals surface area contributed by atoms with Crippen LogP contribution in [0.25, 0.3) is 0 Å². The minimum Gasteiger partial charge on any atom is -0.506 e. The SMILES string of the molecule is CC(C)(C)OC(=O)NCCC(=O)Nc1ccccc1O. The summed E-state index contributed by atoms with van der Waals surface area (Å²) >= 11 is 0. The second-order valence-corrected chi connectivity index (χ2v) is 5.24. The number of rotatable bonds is 4. The van der Waals surface area contributed by atoms with Crippen molar-refractivity contribution in [3.8, 4) is 5.75 Å². The smallest absolute Gasteiger partial charge is 0.407 e. The van der Waals surface area contributed by atoms with E-state index in [1.54, 1.807) is 39.0 Å². The van der Waals surface area contributed by atoms with Crippen LogP contribution < -0.4 is 10.6 Å². The highest BCUT2D eigenvalue weighted by Crippen LogP contribution is 2.21. The van der Waals surface area contributed by atoms with E-state index in [0.29, 0.717) is 5.69 Å². The third kappa shape index (κ3) is 6.08. The van der Waals surface area contributed by atoms with Gasteiger partial charge < -0.3 is 20.5 Å². The monoisotopic (exact) mass is 280 g/mol. The van der Waals surface area contributed by atoms with Crippen LogP contribution in [0.4, 0.5) is 10.5 Å². The van der Waals surface area contributed by atoms with Crippen molar-refractivity contribution in [2.45, 2.75) is 32.8 Å². The number of anilines is 1. The zero-order valence-corrected chi connectivity index (χ0v) is 11.9. The number of para-hydroxylation sites is 2. The number of hydrogen-bond donors (Lipinski definition) is 3. The fourth-order valence-corrected chi connectivity index (χ4v) is 1.38. The Balaban J connectivity index is 2.31. The van der Waals surface area contributed by atoms with Gasteiger partial charge in [-0.15, -0.1) is 0 Å². The summed E-state index contributed by atoms with van der Waals surface area (Å²) in [6, 6.07) is 6.44. The van der Waals surface area contributed by atoms with E-state index >= 15 is 0 Å². The molecule has 0 aliphatic heterocycles. The maximum absolute atomic E-state index is 11.6. The van der Waals surface area contributed by atoms with Gasteiger partial charge in [0, 0.05) is 13.0 Å². The Morgan fingerprint density at radius 1 is 1.25 bits per heavy atom. The van der Waals surface area contributed by atoms with Crippen LogP contribution in [0.15, 0.2) is 24.3 Å². The predicted octanol–water partition coefficient (Wildman–Crippen LogP) is 2.25. The van der Waals surface area contributed by atoms with Gasteiger partial charge in [-0.25, -0.2) is 4.79 Å². The number of nitrogens with one attached hydrogen (secondary N) is 2. The summed E-state index contributed by atoms with van der Waals surface area (Å²) in [7, 11) is 0. The molecule has 1 aromatic rings. The van der Waals surface area contributed by atoms with Gasteiger partial charge in [-0.2, -0.15) is 0 Å². The molecular weight excluding hydrogens is 260 g/mol. The minimum absolute atomic E-state index is 0.000881. The molecule has 0 spiro atoms. The van der Waals surface area contributed by atoms with E-state index in [2.05, 4.69) is 10.6 Å². The molecule has 0 unspecified atom stereocenters. The van der Waals surface area contributed by atoms with Gasteiger partial charge in [0.2, 0.25) is 5.91 Å². The summed E-state index contributed by atoms with van der Waals surface area (Å²) in [6.45, 7) is 5.45. The number of aromatic hydroxyl groups is 1. The zero-order valence-electron chi connectivity index (χ0n) is 11.9. The predicted molar refractivity (Wildman–Crippen MR) is 75.6 cm³/mol. The van der Waals surface area contributed by atoms with Crippen LogP contribution in [0.1, 0.15) is 27.2 Å². The molecule has 0 aromatic heterocycles. The number of phenols is 1. The summed E-state index contributed by atoms with van der Waals surface area (Å²) in [5.74, 6) is -0.302. The molecule has 0 aliphatic rings. The highest BCUT2D eigenvalue weighted by molar-refractivity contribution is 5.92. The second-order valence-electron chi connectivity index (χ2n) is 5.24. The summed E-state index contributed by atoms with van der Waals surface area (Å²) in [4.78, 5) is 23.0. The standard InChI is InChI=1S/C14H20N2O4/c1-14(2,3)20-13(19)15-9-8-12(18)16-10-6-4-5-7-11(10)17/h4-7,17H,8-9H2,1-3H3,(H,15,19)(H,16,18). The van der Waals surface area contributed by atoms with Gasteiger partial charge in [0.25, 0.3) is 0 Å². The largest absolute Gasteiger partial charge is 0.506 e. The van der Waals surface area contributed by atoms with Gasteiger partial charge in [-0.05, 0) is 32.9 Å². The van der Waals surface area contributed by atoms with Gasteiger partial charge in [-0.3, -0.25) is 4.79 Å². The van der Waals surface area contributed by atoms with E-state index < -0.39 is 11.7 Å². The molecule has 1 rings (SSSR count). The van der Waals surface area contributed by atoms with Crippen molar-refractivity contribution >= 4 is 17.7 Å². The van der Waals surface area contributed by atoms with Crippen molar-refractivity contribution in [1.82, 2.24) is 5.32 Å². The molecule has 0 heterocycles. The molecule has 110 valence electrons. The first kappa shape index (κ1) is 15.8. The highest BCUT2D eigenvalue weighted by Gasteiger charge is 2.15. The van der Waals surface area contributed by atoms with E-state index in [1.807, 2.05) is 0 Å². The van der Waals surface area contributed by atoms with E-state index in [1.165, 1.54) is 6.07 Å². The fourth-order valence-electron chi connectivity index (χ4n) is 1.38. The quantitative estimate of drug-likeness (QED) is 0.738. The molecule has 2 amide bonds. The minimum atomic E-state index is -0.567. The number of carbonyl (C=O) groups excluding carboxylic acids is 2. The number of benzene rings is 1. The molecule has 6 heteroatoms. The number of phenolic OH excluding ortho intramolecular Hbond substituents is 1. The molecule has 20 heavy (non-hydrogen) atoms. The van der Waals surface area contributed by atoms with Crippen molar-refractivity contribution in [2.24, 2.45) is 0 Å². The second kappa shape index (κ2) is 6.79. The molecule has 0 bridgehead atoms. The molecule has 0 radical (unpaired) electrons. The number of alkyl carbamates (subject to hydrolysis) is 1. The maximum Gasteiger partial charge on any atom is 0.407 e. The van der Waals surface area contributed by atoms with E-state index in [9.17, 15) is 14.7 Å². The van der Waals surface area contributed by atoms with Crippen molar-refractivity contribution in [1.29, 1.82) is 0 Å². The fraction of sp³-hybridized carbons (Fsp3) is 0.429. The first-order chi connectivity index (χ1) is 9.28. The van der Waals surface area contributed by atoms with Crippen molar-refractivity contribution in [2.75, 3.05) is 11.9 Å². The summed E-state index contributed by atoms with van der Waals surface area (Å²) in [5, 5.41) is 14.5. The number of hydrogen-bond acceptors (Lipinski definition) is 4. The van der Waals surface area contributed by atoms with Gasteiger partial charge in [0.05, 0.1) is 5.69 Å². The van der Waals surface area contributed by atoms with E-state index in [0.717, 1.165) is 0 Å². The first-order valence-corrected chi connectivity index (χ1v) is 6.32. The normalized spacial score (nSPS) is 10.8. The van der Waals surface area contributed by atoms with Crippen molar-refractivity contribution in [3.63, 3.8) is 0 Å². The van der Waals surface area contributed by atoms with Crippen molar-refractivity contribution < 1.29 is 19.4 Å². The van der Waals surface area contributed by atoms with E-state index in [4.69, 9.17) is 4.74 Å². The summed E-state index contributed by atoms with van der Waals surface area (Å²) in [5.41, 5.74) is -0.225. The lowest BCUT2D eigenvalue weighted by molar-refractivity contribution is -0.116. The number of amides is 2. The Hall–Kier alpha value is -2.24. The van der Waals surface area contributed by atoms with Gasteiger partial charge in [0.1, 0.15) is 11.4 Å². The lowest BCUT2D eigenvalue weighted by Gasteiger charge is -2.19. The molecule has 1 aromatic carbocycles. The van der Waals surface area contributed by atoms with Crippen LogP contribution in [0, 0.1) is 0 Å². The lowest BCUT2D eigenvalue weighted by Crippen LogP contribution is -2.34. The van der Waals surface area contributed by atoms with E-state index in [-0.39, 0.29) is 24.6 Å². The maximum atomic E-state index is 11.6. The van der Waals surface area contributed by atoms with Gasteiger partial charge in [-0.1, -0.05) is 12.1 Å². The van der Waals surface area contributed by atoms with Gasteiger partial charge in [0.15, 0.2) is 0 Å². The van der Waals surface area contributed by atoms with Crippen LogP contribution in [0.2, 0.25) is 0 Å². The van der Waals surface area contributed by atoms with Crippen LogP contribution in [0.5, 0.6) is 5.75 Å². The number of ether oxygens (including phenoxy) is 1. The van der Waals surface area contributed by atoms with Crippen LogP contribution in [-0.2, 0) is 9.53 Å². The average Bonchev–Trinajstić information content (AvgIpc) is 2.29. The Morgan fingerprint density at radius 3 is 2.50 bits per heavy atom. The Bertz CT molecular complexity index is 480. The van der Waals surface area contributed by atoms with Crippen molar-refractivity contribution in [3.05, 3.63) is 24.3 Å². The Morgan fingerprint density at radius 2 is 1.90 bits per heavy atom. The van der Waals surface area contributed by atoms with Crippen LogP contribution in [-0.4, -0.2) is 29.3 Å². The van der Waals surface area contributed by atoms with Crippen LogP contribution >= 0.6 is 0 Å². The van der Waals surface area contributed by atoms with Gasteiger partial charge >= 0.3 is 6.09 Å². The molecular formula is C14H20N2O4. The molecule has 0 saturated carbocycles. The third-order valence-corrected chi connectivity index (χ3v) is 2.20. The molecule has 0 aliphatic carbocycles. The topological polar surface area (TPSA) is 87.7 Å². The molecule has 6 nitrogen and oxygen atoms in total. The summed E-state index contributed by atoms with van der Waals surface area (Å²) < 4.78 is 5.04. The Kier molecular flexibility index (Phi) is 5.37. The zero-order chi connectivity index (χ0) is 15.2. The lowest BCUT2D eigenvalue weighted by atomic mass is 10.2. The number of carbonyl (C=O) groups is 2. The summed E-state index contributed by atoms with van der Waals surface area (Å²) in [6.07, 6.45) is -0.471. The Labute approximate surface area is 118 Å². The highest BCUT2D eigenvalue weighted by atomic mass is 16.6. The van der Waals surface area contributed by atoms with Crippen LogP contribution in [0.3, 0.4) is 0 Å². The molecule has 3 N–H and O–H groups in total. The average molecular weight is 280 g/mol. The molecule has 0 saturated heterocycles.